The van der Waals surface area contributed by atoms with E-state index < -0.39 is 0 Å². The van der Waals surface area contributed by atoms with Crippen molar-refractivity contribution >= 4 is 0 Å². The monoisotopic (exact) mass is 236 g/mol. The average molecular weight is 236 g/mol. The highest BCUT2D eigenvalue weighted by Gasteiger charge is 2.16. The second kappa shape index (κ2) is 7.54. The molecule has 2 heteroatoms. The Morgan fingerprint density at radius 3 is 2.47 bits per heavy atom. The fourth-order valence-corrected chi connectivity index (χ4v) is 2.59. The van der Waals surface area contributed by atoms with Crippen LogP contribution in [0.4, 0.5) is 0 Å². The molecule has 0 amide bonds. The smallest absolute Gasteiger partial charge is 0.0136 e. The molecule has 17 heavy (non-hydrogen) atoms. The lowest BCUT2D eigenvalue weighted by Gasteiger charge is -2.30. The molecule has 2 nitrogen and oxygen atoms in total. The van der Waals surface area contributed by atoms with Crippen molar-refractivity contribution in [3.05, 3.63) is 24.0 Å². The van der Waals surface area contributed by atoms with Gasteiger partial charge in [-0.1, -0.05) is 27.2 Å². The molecule has 0 aliphatic heterocycles. The first kappa shape index (κ1) is 14.3. The molecule has 1 aromatic heterocycles. The van der Waals surface area contributed by atoms with Gasteiger partial charge in [0.2, 0.25) is 0 Å². The van der Waals surface area contributed by atoms with Crippen LogP contribution in [0.2, 0.25) is 0 Å². The van der Waals surface area contributed by atoms with Crippen LogP contribution in [0.1, 0.15) is 45.6 Å². The van der Waals surface area contributed by atoms with Gasteiger partial charge in [0, 0.05) is 25.5 Å². The van der Waals surface area contributed by atoms with E-state index in [1.54, 1.807) is 0 Å². The molecule has 0 fully saturated rings. The molecular weight excluding hydrogens is 208 g/mol. The van der Waals surface area contributed by atoms with E-state index >= 15 is 0 Å². The summed E-state index contributed by atoms with van der Waals surface area (Å²) in [5, 5.41) is 0. The SMILES string of the molecule is CCCC(Cc1ccn(C)c1)N(CC)CCC. The maximum absolute atomic E-state index is 2.64. The molecule has 0 aliphatic carbocycles. The van der Waals surface area contributed by atoms with E-state index in [1.165, 1.54) is 44.3 Å². The lowest BCUT2D eigenvalue weighted by Crippen LogP contribution is -2.37. The number of aryl methyl sites for hydroxylation is 1. The zero-order valence-electron chi connectivity index (χ0n) is 11.9. The lowest BCUT2D eigenvalue weighted by molar-refractivity contribution is 0.193. The third-order valence-electron chi connectivity index (χ3n) is 3.42. The Labute approximate surface area is 107 Å². The topological polar surface area (TPSA) is 8.17 Å². The van der Waals surface area contributed by atoms with E-state index in [9.17, 15) is 0 Å². The minimum Gasteiger partial charge on any atom is -0.357 e. The van der Waals surface area contributed by atoms with Crippen molar-refractivity contribution < 1.29 is 0 Å². The molecule has 0 saturated carbocycles. The summed E-state index contributed by atoms with van der Waals surface area (Å²) in [5.41, 5.74) is 1.47. The van der Waals surface area contributed by atoms with Gasteiger partial charge in [-0.15, -0.1) is 0 Å². The first-order valence-corrected chi connectivity index (χ1v) is 7.06. The molecule has 0 radical (unpaired) electrons. The average Bonchev–Trinajstić information content (AvgIpc) is 2.71. The molecule has 0 N–H and O–H groups in total. The number of nitrogens with zero attached hydrogens (tertiary/aromatic N) is 2. The van der Waals surface area contributed by atoms with Crippen LogP contribution in [0.15, 0.2) is 18.5 Å². The fraction of sp³-hybridized carbons (Fsp3) is 0.733. The molecule has 1 rings (SSSR count). The van der Waals surface area contributed by atoms with Gasteiger partial charge >= 0.3 is 0 Å². The van der Waals surface area contributed by atoms with Gasteiger partial charge in [-0.05, 0) is 44.0 Å². The van der Waals surface area contributed by atoms with Crippen LogP contribution in [0.3, 0.4) is 0 Å². The number of hydrogen-bond donors (Lipinski definition) is 0. The van der Waals surface area contributed by atoms with Gasteiger partial charge in [0.1, 0.15) is 0 Å². The van der Waals surface area contributed by atoms with Crippen molar-refractivity contribution in [2.24, 2.45) is 7.05 Å². The van der Waals surface area contributed by atoms with Crippen LogP contribution in [0.25, 0.3) is 0 Å². The summed E-state index contributed by atoms with van der Waals surface area (Å²) in [6, 6.07) is 2.97. The van der Waals surface area contributed by atoms with Crippen molar-refractivity contribution in [3.8, 4) is 0 Å². The van der Waals surface area contributed by atoms with E-state index in [-0.39, 0.29) is 0 Å². The normalized spacial score (nSPS) is 13.2. The van der Waals surface area contributed by atoms with Crippen molar-refractivity contribution in [1.29, 1.82) is 0 Å². The molecule has 1 heterocycles. The summed E-state index contributed by atoms with van der Waals surface area (Å²) in [6.45, 7) is 9.24. The van der Waals surface area contributed by atoms with Crippen LogP contribution in [0, 0.1) is 0 Å². The van der Waals surface area contributed by atoms with Crippen molar-refractivity contribution in [2.75, 3.05) is 13.1 Å². The highest BCUT2D eigenvalue weighted by atomic mass is 15.1. The van der Waals surface area contributed by atoms with Crippen LogP contribution in [0.5, 0.6) is 0 Å². The fourth-order valence-electron chi connectivity index (χ4n) is 2.59. The van der Waals surface area contributed by atoms with E-state index in [0.717, 1.165) is 0 Å². The molecule has 98 valence electrons. The summed E-state index contributed by atoms with van der Waals surface area (Å²) in [5.74, 6) is 0. The Balaban J connectivity index is 2.63. The van der Waals surface area contributed by atoms with Crippen LogP contribution < -0.4 is 0 Å². The van der Waals surface area contributed by atoms with Crippen molar-refractivity contribution in [1.82, 2.24) is 9.47 Å². The van der Waals surface area contributed by atoms with Gasteiger partial charge < -0.3 is 9.47 Å². The van der Waals surface area contributed by atoms with E-state index in [2.05, 4.69) is 55.7 Å². The summed E-state index contributed by atoms with van der Waals surface area (Å²) < 4.78 is 2.15. The largest absolute Gasteiger partial charge is 0.357 e. The van der Waals surface area contributed by atoms with E-state index in [4.69, 9.17) is 0 Å². The van der Waals surface area contributed by atoms with Crippen molar-refractivity contribution in [2.45, 2.75) is 52.5 Å². The Morgan fingerprint density at radius 2 is 2.00 bits per heavy atom. The molecule has 0 bridgehead atoms. The standard InChI is InChI=1S/C15H28N2/c1-5-8-15(17(7-3)10-6-2)12-14-9-11-16(4)13-14/h9,11,13,15H,5-8,10,12H2,1-4H3. The van der Waals surface area contributed by atoms with E-state index in [0.29, 0.717) is 6.04 Å². The molecular formula is C15H28N2. The third-order valence-corrected chi connectivity index (χ3v) is 3.42. The Kier molecular flexibility index (Phi) is 6.35. The van der Waals surface area contributed by atoms with Gasteiger partial charge in [-0.2, -0.15) is 0 Å². The molecule has 0 saturated heterocycles. The van der Waals surface area contributed by atoms with Gasteiger partial charge in [0.05, 0.1) is 0 Å². The second-order valence-corrected chi connectivity index (χ2v) is 4.96. The third kappa shape index (κ3) is 4.55. The highest BCUT2D eigenvalue weighted by molar-refractivity contribution is 5.11. The quantitative estimate of drug-likeness (QED) is 0.671. The number of aromatic nitrogens is 1. The van der Waals surface area contributed by atoms with Gasteiger partial charge in [0.15, 0.2) is 0 Å². The highest BCUT2D eigenvalue weighted by Crippen LogP contribution is 2.14. The first-order valence-electron chi connectivity index (χ1n) is 7.06. The molecule has 1 atom stereocenters. The minimum absolute atomic E-state index is 0.715. The minimum atomic E-state index is 0.715. The number of hydrogen-bond acceptors (Lipinski definition) is 1. The lowest BCUT2D eigenvalue weighted by atomic mass is 10.0. The van der Waals surface area contributed by atoms with Gasteiger partial charge in [-0.3, -0.25) is 0 Å². The molecule has 1 aromatic rings. The Morgan fingerprint density at radius 1 is 1.24 bits per heavy atom. The maximum atomic E-state index is 2.64. The van der Waals surface area contributed by atoms with Crippen molar-refractivity contribution in [3.63, 3.8) is 0 Å². The Bertz CT molecular complexity index is 304. The van der Waals surface area contributed by atoms with Crippen LogP contribution in [-0.4, -0.2) is 28.6 Å². The molecule has 0 aromatic carbocycles. The van der Waals surface area contributed by atoms with Gasteiger partial charge in [0.25, 0.3) is 0 Å². The molecule has 1 unspecified atom stereocenters. The number of likely N-dealkylation sites (N-methyl/N-ethyl adjacent to an activating group) is 1. The summed E-state index contributed by atoms with van der Waals surface area (Å²) in [6.07, 6.45) is 9.43. The summed E-state index contributed by atoms with van der Waals surface area (Å²) >= 11 is 0. The summed E-state index contributed by atoms with van der Waals surface area (Å²) in [4.78, 5) is 2.64. The van der Waals surface area contributed by atoms with Gasteiger partial charge in [-0.25, -0.2) is 0 Å². The summed E-state index contributed by atoms with van der Waals surface area (Å²) in [7, 11) is 2.10. The maximum Gasteiger partial charge on any atom is 0.0136 e. The van der Waals surface area contributed by atoms with Crippen LogP contribution in [-0.2, 0) is 13.5 Å². The predicted molar refractivity (Wildman–Crippen MR) is 75.4 cm³/mol. The van der Waals surface area contributed by atoms with Crippen LogP contribution >= 0.6 is 0 Å². The molecule has 0 spiro atoms. The predicted octanol–water partition coefficient (Wildman–Crippen LogP) is 3.47. The number of rotatable bonds is 8. The molecule has 0 aliphatic rings. The Hall–Kier alpha value is -0.760. The van der Waals surface area contributed by atoms with E-state index in [1.807, 2.05) is 0 Å². The first-order chi connectivity index (χ1) is 8.21. The second-order valence-electron chi connectivity index (χ2n) is 4.96. The zero-order chi connectivity index (χ0) is 12.7. The zero-order valence-corrected chi connectivity index (χ0v) is 11.9.